The highest BCUT2D eigenvalue weighted by Crippen LogP contribution is 2.36. The lowest BCUT2D eigenvalue weighted by Crippen LogP contribution is -2.42. The van der Waals surface area contributed by atoms with E-state index in [0.717, 1.165) is 12.3 Å². The summed E-state index contributed by atoms with van der Waals surface area (Å²) < 4.78 is 23.2. The van der Waals surface area contributed by atoms with E-state index in [1.54, 1.807) is 0 Å². The van der Waals surface area contributed by atoms with E-state index in [1.165, 1.54) is 32.1 Å². The maximum Gasteiger partial charge on any atom is 0.150 e. The second-order valence-corrected chi connectivity index (χ2v) is 8.40. The molecule has 0 aromatic carbocycles. The summed E-state index contributed by atoms with van der Waals surface area (Å²) in [5.41, 5.74) is 0. The lowest BCUT2D eigenvalue weighted by Gasteiger charge is -2.36. The highest BCUT2D eigenvalue weighted by molar-refractivity contribution is 7.91. The van der Waals surface area contributed by atoms with Crippen molar-refractivity contribution in [3.63, 3.8) is 0 Å². The predicted octanol–water partition coefficient (Wildman–Crippen LogP) is 2.23. The topological polar surface area (TPSA) is 46.2 Å². The van der Waals surface area contributed by atoms with E-state index in [-0.39, 0.29) is 0 Å². The Kier molecular flexibility index (Phi) is 4.70. The van der Waals surface area contributed by atoms with Gasteiger partial charge in [0.1, 0.15) is 0 Å². The lowest BCUT2D eigenvalue weighted by atomic mass is 9.74. The van der Waals surface area contributed by atoms with Crippen LogP contribution in [0.15, 0.2) is 0 Å². The number of hydrogen-bond acceptors (Lipinski definition) is 3. The van der Waals surface area contributed by atoms with Gasteiger partial charge in [0.2, 0.25) is 0 Å². The first-order chi connectivity index (χ1) is 8.55. The Morgan fingerprint density at radius 3 is 2.22 bits per heavy atom. The van der Waals surface area contributed by atoms with Crippen LogP contribution in [0.1, 0.15) is 45.4 Å². The van der Waals surface area contributed by atoms with Crippen molar-refractivity contribution >= 4 is 9.84 Å². The van der Waals surface area contributed by atoms with Crippen LogP contribution in [0.4, 0.5) is 0 Å². The van der Waals surface area contributed by atoms with Gasteiger partial charge in [0.05, 0.1) is 11.5 Å². The molecule has 2 fully saturated rings. The third-order valence-electron chi connectivity index (χ3n) is 5.09. The van der Waals surface area contributed by atoms with Crippen molar-refractivity contribution < 1.29 is 8.42 Å². The Bertz CT molecular complexity index is 358. The molecule has 3 nitrogen and oxygen atoms in total. The second-order valence-electron chi connectivity index (χ2n) is 6.17. The van der Waals surface area contributed by atoms with E-state index >= 15 is 0 Å². The molecule has 4 heteroatoms. The third kappa shape index (κ3) is 3.27. The van der Waals surface area contributed by atoms with Crippen molar-refractivity contribution in [2.45, 2.75) is 51.5 Å². The maximum atomic E-state index is 11.6. The van der Waals surface area contributed by atoms with E-state index in [4.69, 9.17) is 0 Å². The van der Waals surface area contributed by atoms with Crippen LogP contribution in [0.3, 0.4) is 0 Å². The Morgan fingerprint density at radius 1 is 1.11 bits per heavy atom. The molecule has 0 bridgehead atoms. The first kappa shape index (κ1) is 14.3. The number of hydrogen-bond donors (Lipinski definition) is 1. The smallest absolute Gasteiger partial charge is 0.150 e. The first-order valence-corrected chi connectivity index (χ1v) is 9.25. The molecule has 0 aromatic rings. The maximum absolute atomic E-state index is 11.6. The zero-order chi connectivity index (χ0) is 13.2. The van der Waals surface area contributed by atoms with Crippen molar-refractivity contribution in [2.75, 3.05) is 18.6 Å². The molecule has 2 rings (SSSR count). The van der Waals surface area contributed by atoms with Gasteiger partial charge in [-0.25, -0.2) is 8.42 Å². The molecular formula is C14H27NO2S. The van der Waals surface area contributed by atoms with Gasteiger partial charge in [0.25, 0.3) is 0 Å². The highest BCUT2D eigenvalue weighted by atomic mass is 32.2. The fraction of sp³-hybridized carbons (Fsp3) is 1.00. The van der Waals surface area contributed by atoms with Crippen LogP contribution in [0.25, 0.3) is 0 Å². The number of rotatable bonds is 4. The second kappa shape index (κ2) is 5.91. The summed E-state index contributed by atoms with van der Waals surface area (Å²) in [5.74, 6) is 2.76. The van der Waals surface area contributed by atoms with Crippen LogP contribution in [-0.2, 0) is 9.84 Å². The fourth-order valence-electron chi connectivity index (χ4n) is 3.92. The zero-order valence-corrected chi connectivity index (χ0v) is 12.5. The summed E-state index contributed by atoms with van der Waals surface area (Å²) in [6.45, 7) is 2.28. The van der Waals surface area contributed by atoms with Gasteiger partial charge in [-0.15, -0.1) is 0 Å². The normalized spacial score (nSPS) is 37.6. The van der Waals surface area contributed by atoms with Gasteiger partial charge in [0.15, 0.2) is 9.84 Å². The quantitative estimate of drug-likeness (QED) is 0.854. The molecule has 0 spiro atoms. The van der Waals surface area contributed by atoms with Gasteiger partial charge in [0, 0.05) is 6.04 Å². The molecule has 1 heterocycles. The summed E-state index contributed by atoms with van der Waals surface area (Å²) in [7, 11) is -0.743. The monoisotopic (exact) mass is 273 g/mol. The molecule has 0 aromatic heterocycles. The van der Waals surface area contributed by atoms with E-state index in [9.17, 15) is 8.42 Å². The van der Waals surface area contributed by atoms with Gasteiger partial charge >= 0.3 is 0 Å². The summed E-state index contributed by atoms with van der Waals surface area (Å²) in [4.78, 5) is 0. The minimum atomic E-state index is -2.74. The SMILES string of the molecule is CCC1CCC(C(NC)C2CCS(=O)(=O)C2)CC1. The first-order valence-electron chi connectivity index (χ1n) is 7.43. The van der Waals surface area contributed by atoms with Gasteiger partial charge in [-0.05, 0) is 44.1 Å². The molecule has 18 heavy (non-hydrogen) atoms. The van der Waals surface area contributed by atoms with Crippen molar-refractivity contribution in [3.05, 3.63) is 0 Å². The van der Waals surface area contributed by atoms with Crippen molar-refractivity contribution in [2.24, 2.45) is 17.8 Å². The van der Waals surface area contributed by atoms with Crippen molar-refractivity contribution in [1.82, 2.24) is 5.32 Å². The van der Waals surface area contributed by atoms with E-state index < -0.39 is 9.84 Å². The Balaban J connectivity index is 1.94. The molecule has 1 saturated heterocycles. The molecular weight excluding hydrogens is 246 g/mol. The summed E-state index contributed by atoms with van der Waals surface area (Å²) in [6.07, 6.45) is 7.38. The molecule has 2 aliphatic rings. The molecule has 2 unspecified atom stereocenters. The Hall–Kier alpha value is -0.0900. The number of nitrogens with one attached hydrogen (secondary N) is 1. The van der Waals surface area contributed by atoms with Gasteiger partial charge < -0.3 is 5.32 Å². The largest absolute Gasteiger partial charge is 0.316 e. The average Bonchev–Trinajstić information content (AvgIpc) is 2.71. The molecule has 0 amide bonds. The number of sulfone groups is 1. The van der Waals surface area contributed by atoms with Crippen molar-refractivity contribution in [1.29, 1.82) is 0 Å². The molecule has 1 saturated carbocycles. The van der Waals surface area contributed by atoms with Crippen LogP contribution in [0, 0.1) is 17.8 Å². The van der Waals surface area contributed by atoms with Gasteiger partial charge in [-0.3, -0.25) is 0 Å². The van der Waals surface area contributed by atoms with Crippen LogP contribution < -0.4 is 5.32 Å². The lowest BCUT2D eigenvalue weighted by molar-refractivity contribution is 0.189. The standard InChI is InChI=1S/C14H27NO2S/c1-3-11-4-6-12(7-5-11)14(15-2)13-8-9-18(16,17)10-13/h11-15H,3-10H2,1-2H3. The molecule has 2 atom stereocenters. The fourth-order valence-corrected chi connectivity index (χ4v) is 5.77. The van der Waals surface area contributed by atoms with Gasteiger partial charge in [-0.2, -0.15) is 0 Å². The van der Waals surface area contributed by atoms with E-state index in [1.807, 2.05) is 7.05 Å². The molecule has 106 valence electrons. The average molecular weight is 273 g/mol. The van der Waals surface area contributed by atoms with Crippen LogP contribution in [-0.4, -0.2) is 33.0 Å². The van der Waals surface area contributed by atoms with Crippen LogP contribution in [0.2, 0.25) is 0 Å². The van der Waals surface area contributed by atoms with E-state index in [0.29, 0.717) is 29.4 Å². The summed E-state index contributed by atoms with van der Waals surface area (Å²) >= 11 is 0. The highest BCUT2D eigenvalue weighted by Gasteiger charge is 2.37. The molecule has 1 aliphatic heterocycles. The van der Waals surface area contributed by atoms with E-state index in [2.05, 4.69) is 12.2 Å². The third-order valence-corrected chi connectivity index (χ3v) is 6.88. The molecule has 1 N–H and O–H groups in total. The summed E-state index contributed by atoms with van der Waals surface area (Å²) in [6, 6.07) is 0.417. The zero-order valence-electron chi connectivity index (χ0n) is 11.7. The van der Waals surface area contributed by atoms with Gasteiger partial charge in [-0.1, -0.05) is 26.2 Å². The Morgan fingerprint density at radius 2 is 1.78 bits per heavy atom. The summed E-state index contributed by atoms with van der Waals surface area (Å²) in [5, 5.41) is 3.42. The van der Waals surface area contributed by atoms with Crippen molar-refractivity contribution in [3.8, 4) is 0 Å². The minimum absolute atomic E-state index is 0.350. The minimum Gasteiger partial charge on any atom is -0.316 e. The predicted molar refractivity (Wildman–Crippen MR) is 75.3 cm³/mol. The van der Waals surface area contributed by atoms with Crippen LogP contribution >= 0.6 is 0 Å². The molecule has 1 aliphatic carbocycles. The van der Waals surface area contributed by atoms with Crippen LogP contribution in [0.5, 0.6) is 0 Å². The Labute approximate surface area is 112 Å². The molecule has 0 radical (unpaired) electrons.